The van der Waals surface area contributed by atoms with Gasteiger partial charge in [0, 0.05) is 13.0 Å². The zero-order valence-corrected chi connectivity index (χ0v) is 9.71. The Balaban J connectivity index is 1.88. The van der Waals surface area contributed by atoms with Gasteiger partial charge in [0.05, 0.1) is 18.8 Å². The molecule has 0 saturated carbocycles. The maximum atomic E-state index is 11.7. The zero-order chi connectivity index (χ0) is 11.1. The third kappa shape index (κ3) is 2.25. The summed E-state index contributed by atoms with van der Waals surface area (Å²) in [4.78, 5) is 13.5. The molecule has 2 heterocycles. The molecule has 1 spiro atoms. The quantitative estimate of drug-likeness (QED) is 0.615. The van der Waals surface area contributed by atoms with Crippen LogP contribution in [-0.4, -0.2) is 41.9 Å². The highest BCUT2D eigenvalue weighted by atomic mass is 16.6. The number of carbonyl (C=O) groups is 1. The highest BCUT2D eigenvalue weighted by Gasteiger charge is 2.46. The largest absolute Gasteiger partial charge is 0.444 e. The molecule has 15 heavy (non-hydrogen) atoms. The molecule has 0 unspecified atom stereocenters. The van der Waals surface area contributed by atoms with Gasteiger partial charge in [0.25, 0.3) is 0 Å². The van der Waals surface area contributed by atoms with Crippen LogP contribution in [0.3, 0.4) is 0 Å². The third-order valence-electron chi connectivity index (χ3n) is 2.93. The van der Waals surface area contributed by atoms with Crippen LogP contribution in [0.4, 0.5) is 4.79 Å². The highest BCUT2D eigenvalue weighted by Crippen LogP contribution is 2.36. The smallest absolute Gasteiger partial charge is 0.410 e. The molecule has 2 saturated heterocycles. The summed E-state index contributed by atoms with van der Waals surface area (Å²) in [7, 11) is 0. The Morgan fingerprint density at radius 1 is 1.40 bits per heavy atom. The lowest BCUT2D eigenvalue weighted by molar-refractivity contribution is -0.136. The third-order valence-corrected chi connectivity index (χ3v) is 2.93. The van der Waals surface area contributed by atoms with E-state index in [2.05, 4.69) is 0 Å². The Bertz CT molecular complexity index is 265. The van der Waals surface area contributed by atoms with Crippen molar-refractivity contribution in [3.63, 3.8) is 0 Å². The molecule has 2 aliphatic rings. The summed E-state index contributed by atoms with van der Waals surface area (Å²) in [5.74, 6) is 0. The first-order chi connectivity index (χ1) is 6.90. The van der Waals surface area contributed by atoms with Crippen LogP contribution in [0, 0.1) is 0 Å². The number of ether oxygens (including phenoxy) is 2. The molecule has 0 aromatic rings. The normalized spacial score (nSPS) is 30.5. The first-order valence-electron chi connectivity index (χ1n) is 5.52. The predicted molar refractivity (Wildman–Crippen MR) is 55.7 cm³/mol. The molecule has 0 aliphatic carbocycles. The highest BCUT2D eigenvalue weighted by molar-refractivity contribution is 5.68. The molecule has 2 rings (SSSR count). The maximum Gasteiger partial charge on any atom is 0.410 e. The van der Waals surface area contributed by atoms with Crippen LogP contribution in [0.1, 0.15) is 33.6 Å². The van der Waals surface area contributed by atoms with Crippen LogP contribution in [0.2, 0.25) is 0 Å². The summed E-state index contributed by atoms with van der Waals surface area (Å²) < 4.78 is 10.9. The molecule has 4 heteroatoms. The first-order valence-corrected chi connectivity index (χ1v) is 5.52. The van der Waals surface area contributed by atoms with Crippen LogP contribution in [0.5, 0.6) is 0 Å². The van der Waals surface area contributed by atoms with Crippen molar-refractivity contribution in [3.05, 3.63) is 0 Å². The Labute approximate surface area is 90.5 Å². The minimum atomic E-state index is -0.409. The van der Waals surface area contributed by atoms with Crippen LogP contribution in [0.15, 0.2) is 0 Å². The van der Waals surface area contributed by atoms with E-state index in [0.717, 1.165) is 26.0 Å². The Morgan fingerprint density at radius 2 is 2.07 bits per heavy atom. The summed E-state index contributed by atoms with van der Waals surface area (Å²) in [6.45, 7) is 7.95. The molecule has 2 fully saturated rings. The van der Waals surface area contributed by atoms with Crippen molar-refractivity contribution in [2.75, 3.05) is 19.7 Å². The van der Waals surface area contributed by atoms with E-state index in [1.165, 1.54) is 0 Å². The van der Waals surface area contributed by atoms with Crippen molar-refractivity contribution in [2.24, 2.45) is 0 Å². The number of hydrogen-bond donors (Lipinski definition) is 0. The number of likely N-dealkylation sites (tertiary alicyclic amines) is 1. The van der Waals surface area contributed by atoms with Gasteiger partial charge in [-0.15, -0.1) is 0 Å². The van der Waals surface area contributed by atoms with Gasteiger partial charge in [0.2, 0.25) is 0 Å². The van der Waals surface area contributed by atoms with Gasteiger partial charge >= 0.3 is 6.09 Å². The van der Waals surface area contributed by atoms with E-state index in [-0.39, 0.29) is 11.7 Å². The van der Waals surface area contributed by atoms with Crippen LogP contribution >= 0.6 is 0 Å². The van der Waals surface area contributed by atoms with Gasteiger partial charge in [0.15, 0.2) is 0 Å². The van der Waals surface area contributed by atoms with Gasteiger partial charge in [-0.05, 0) is 27.2 Å². The molecule has 0 radical (unpaired) electrons. The van der Waals surface area contributed by atoms with Crippen molar-refractivity contribution in [1.29, 1.82) is 0 Å². The molecule has 0 bridgehead atoms. The second-order valence-corrected chi connectivity index (χ2v) is 5.43. The van der Waals surface area contributed by atoms with E-state index in [4.69, 9.17) is 9.47 Å². The molecular formula is C11H19NO3. The average Bonchev–Trinajstić information content (AvgIpc) is 2.43. The summed E-state index contributed by atoms with van der Waals surface area (Å²) in [6, 6.07) is 0. The van der Waals surface area contributed by atoms with Crippen LogP contribution in [0.25, 0.3) is 0 Å². The fourth-order valence-electron chi connectivity index (χ4n) is 2.04. The minimum absolute atomic E-state index is 0.0308. The SMILES string of the molecule is CC(C)(C)OC(=O)N1CC[C@]2(CCO2)C1. The molecule has 1 amide bonds. The lowest BCUT2D eigenvalue weighted by Gasteiger charge is -2.38. The maximum absolute atomic E-state index is 11.7. The van der Waals surface area contributed by atoms with Crippen molar-refractivity contribution in [3.8, 4) is 0 Å². The van der Waals surface area contributed by atoms with Gasteiger partial charge in [-0.2, -0.15) is 0 Å². The van der Waals surface area contributed by atoms with Crippen LogP contribution in [-0.2, 0) is 9.47 Å². The number of hydrogen-bond acceptors (Lipinski definition) is 3. The van der Waals surface area contributed by atoms with Crippen molar-refractivity contribution in [1.82, 2.24) is 4.90 Å². The second kappa shape index (κ2) is 3.37. The van der Waals surface area contributed by atoms with Crippen molar-refractivity contribution >= 4 is 6.09 Å². The molecule has 0 aromatic carbocycles. The fourth-order valence-corrected chi connectivity index (χ4v) is 2.04. The van der Waals surface area contributed by atoms with E-state index in [9.17, 15) is 4.79 Å². The molecule has 4 nitrogen and oxygen atoms in total. The van der Waals surface area contributed by atoms with Gasteiger partial charge in [-0.1, -0.05) is 0 Å². The molecule has 0 aromatic heterocycles. The summed E-state index contributed by atoms with van der Waals surface area (Å²) in [5.41, 5.74) is -0.440. The number of carbonyl (C=O) groups excluding carboxylic acids is 1. The molecule has 2 aliphatic heterocycles. The van der Waals surface area contributed by atoms with Crippen molar-refractivity contribution in [2.45, 2.75) is 44.8 Å². The van der Waals surface area contributed by atoms with E-state index in [0.29, 0.717) is 6.54 Å². The molecule has 1 atom stereocenters. The zero-order valence-electron chi connectivity index (χ0n) is 9.71. The predicted octanol–water partition coefficient (Wildman–Crippen LogP) is 1.79. The standard InChI is InChI=1S/C11H19NO3/c1-10(2,3)15-9(13)12-6-4-11(8-12)5-7-14-11/h4-8H2,1-3H3/t11-/m0/s1. The van der Waals surface area contributed by atoms with Gasteiger partial charge < -0.3 is 14.4 Å². The van der Waals surface area contributed by atoms with Crippen molar-refractivity contribution < 1.29 is 14.3 Å². The minimum Gasteiger partial charge on any atom is -0.444 e. The molecule has 0 N–H and O–H groups in total. The summed E-state index contributed by atoms with van der Waals surface area (Å²) >= 11 is 0. The van der Waals surface area contributed by atoms with E-state index in [1.54, 1.807) is 4.90 Å². The molecular weight excluding hydrogens is 194 g/mol. The van der Waals surface area contributed by atoms with E-state index < -0.39 is 5.60 Å². The number of amides is 1. The summed E-state index contributed by atoms with van der Waals surface area (Å²) in [6.07, 6.45) is 1.81. The van der Waals surface area contributed by atoms with Gasteiger partial charge in [-0.25, -0.2) is 4.79 Å². The topological polar surface area (TPSA) is 38.8 Å². The lowest BCUT2D eigenvalue weighted by Crippen LogP contribution is -2.47. The summed E-state index contributed by atoms with van der Waals surface area (Å²) in [5, 5.41) is 0. The van der Waals surface area contributed by atoms with Gasteiger partial charge in [0.1, 0.15) is 5.60 Å². The second-order valence-electron chi connectivity index (χ2n) is 5.43. The first kappa shape index (κ1) is 10.7. The molecule has 86 valence electrons. The lowest BCUT2D eigenvalue weighted by atomic mass is 9.94. The average molecular weight is 213 g/mol. The number of nitrogens with zero attached hydrogens (tertiary/aromatic N) is 1. The Hall–Kier alpha value is -0.770. The fraction of sp³-hybridized carbons (Fsp3) is 0.909. The Kier molecular flexibility index (Phi) is 2.41. The van der Waals surface area contributed by atoms with E-state index in [1.807, 2.05) is 20.8 Å². The Morgan fingerprint density at radius 3 is 2.47 bits per heavy atom. The monoisotopic (exact) mass is 213 g/mol. The van der Waals surface area contributed by atoms with Gasteiger partial charge in [-0.3, -0.25) is 0 Å². The van der Waals surface area contributed by atoms with Crippen LogP contribution < -0.4 is 0 Å². The number of rotatable bonds is 0. The van der Waals surface area contributed by atoms with E-state index >= 15 is 0 Å².